The summed E-state index contributed by atoms with van der Waals surface area (Å²) in [5.74, 6) is 0.363. The summed E-state index contributed by atoms with van der Waals surface area (Å²) >= 11 is 7.89. The maximum atomic E-state index is 13.3. The van der Waals surface area contributed by atoms with Gasteiger partial charge < -0.3 is 4.90 Å². The number of nitrogens with zero attached hydrogens (tertiary/aromatic N) is 1. The third-order valence-electron chi connectivity index (χ3n) is 5.06. The van der Waals surface area contributed by atoms with Crippen molar-refractivity contribution in [2.24, 2.45) is 5.92 Å². The molecule has 1 atom stereocenters. The van der Waals surface area contributed by atoms with E-state index >= 15 is 0 Å². The van der Waals surface area contributed by atoms with Crippen molar-refractivity contribution < 1.29 is 4.39 Å². The number of likely N-dealkylation sites (tertiary alicyclic amines) is 1. The van der Waals surface area contributed by atoms with Crippen LogP contribution in [0.1, 0.15) is 30.2 Å². The number of hydrogen-bond acceptors (Lipinski definition) is 2. The van der Waals surface area contributed by atoms with Gasteiger partial charge in [0.15, 0.2) is 0 Å². The highest BCUT2D eigenvalue weighted by Gasteiger charge is 2.40. The number of rotatable bonds is 3. The predicted molar refractivity (Wildman–Crippen MR) is 92.4 cm³/mol. The van der Waals surface area contributed by atoms with E-state index in [-0.39, 0.29) is 11.2 Å². The first-order valence-electron chi connectivity index (χ1n) is 7.69. The van der Waals surface area contributed by atoms with Gasteiger partial charge >= 0.3 is 0 Å². The molecule has 22 heavy (non-hydrogen) atoms. The van der Waals surface area contributed by atoms with Crippen LogP contribution in [0.4, 0.5) is 4.39 Å². The molecule has 0 N–H and O–H groups in total. The summed E-state index contributed by atoms with van der Waals surface area (Å²) in [4.78, 5) is 3.65. The van der Waals surface area contributed by atoms with E-state index in [1.165, 1.54) is 10.4 Å². The first-order chi connectivity index (χ1) is 10.5. The zero-order chi connectivity index (χ0) is 15.7. The van der Waals surface area contributed by atoms with Gasteiger partial charge in [0.1, 0.15) is 5.82 Å². The number of thiophene rings is 1. The van der Waals surface area contributed by atoms with Crippen LogP contribution in [0.5, 0.6) is 0 Å². The summed E-state index contributed by atoms with van der Waals surface area (Å²) in [6.45, 7) is 4.51. The lowest BCUT2D eigenvalue weighted by Gasteiger charge is -2.42. The van der Waals surface area contributed by atoms with Gasteiger partial charge in [0.05, 0.1) is 5.02 Å². The van der Waals surface area contributed by atoms with Crippen LogP contribution in [0.3, 0.4) is 0 Å². The fourth-order valence-electron chi connectivity index (χ4n) is 3.55. The Labute approximate surface area is 140 Å². The lowest BCUT2D eigenvalue weighted by atomic mass is 9.67. The molecule has 118 valence electrons. The van der Waals surface area contributed by atoms with E-state index in [9.17, 15) is 4.39 Å². The van der Waals surface area contributed by atoms with E-state index in [2.05, 4.69) is 24.9 Å². The molecule has 1 nitrogen and oxygen atoms in total. The Kier molecular flexibility index (Phi) is 4.58. The Balaban J connectivity index is 2.03. The minimum Gasteiger partial charge on any atom is -0.306 e. The molecule has 0 unspecified atom stereocenters. The molecule has 1 saturated heterocycles. The molecule has 1 fully saturated rings. The lowest BCUT2D eigenvalue weighted by Crippen LogP contribution is -2.41. The normalized spacial score (nSPS) is 20.0. The first-order valence-corrected chi connectivity index (χ1v) is 8.95. The molecule has 0 aliphatic carbocycles. The lowest BCUT2D eigenvalue weighted by molar-refractivity contribution is 0.174. The van der Waals surface area contributed by atoms with Gasteiger partial charge in [0.2, 0.25) is 0 Å². The average molecular weight is 338 g/mol. The molecule has 2 heterocycles. The molecule has 0 bridgehead atoms. The van der Waals surface area contributed by atoms with Gasteiger partial charge in [-0.2, -0.15) is 0 Å². The van der Waals surface area contributed by atoms with E-state index in [0.29, 0.717) is 5.92 Å². The monoisotopic (exact) mass is 337 g/mol. The fraction of sp³-hybridized carbons (Fsp3) is 0.444. The molecule has 4 heteroatoms. The second kappa shape index (κ2) is 6.31. The SMILES string of the molecule is CN1CCC([C@@](C)(c2ccc(F)cc2)c2cc(Cl)cs2)CC1. The van der Waals surface area contributed by atoms with Crippen LogP contribution >= 0.6 is 22.9 Å². The summed E-state index contributed by atoms with van der Waals surface area (Å²) < 4.78 is 13.3. The van der Waals surface area contributed by atoms with E-state index in [1.54, 1.807) is 23.5 Å². The van der Waals surface area contributed by atoms with Crippen molar-refractivity contribution in [2.45, 2.75) is 25.2 Å². The van der Waals surface area contributed by atoms with Crippen LogP contribution in [0.2, 0.25) is 5.02 Å². The molecule has 0 amide bonds. The van der Waals surface area contributed by atoms with Crippen LogP contribution < -0.4 is 0 Å². The zero-order valence-corrected chi connectivity index (χ0v) is 14.6. The molecule has 0 saturated carbocycles. The predicted octanol–water partition coefficient (Wildman–Crippen LogP) is 5.19. The summed E-state index contributed by atoms with van der Waals surface area (Å²) in [5, 5.41) is 2.79. The number of hydrogen-bond donors (Lipinski definition) is 0. The first kappa shape index (κ1) is 16.0. The quantitative estimate of drug-likeness (QED) is 0.745. The van der Waals surface area contributed by atoms with Crippen LogP contribution in [0.25, 0.3) is 0 Å². The van der Waals surface area contributed by atoms with Crippen molar-refractivity contribution in [2.75, 3.05) is 20.1 Å². The fourth-order valence-corrected chi connectivity index (χ4v) is 4.89. The summed E-state index contributed by atoms with van der Waals surface area (Å²) in [6, 6.07) is 9.08. The molecule has 3 rings (SSSR count). The number of piperidine rings is 1. The van der Waals surface area contributed by atoms with Crippen LogP contribution in [0.15, 0.2) is 35.7 Å². The van der Waals surface area contributed by atoms with Gasteiger partial charge in [-0.25, -0.2) is 4.39 Å². The van der Waals surface area contributed by atoms with Crippen molar-refractivity contribution in [3.8, 4) is 0 Å². The highest BCUT2D eigenvalue weighted by Crippen LogP contribution is 2.46. The Morgan fingerprint density at radius 2 is 1.86 bits per heavy atom. The molecule has 2 aromatic rings. The Hall–Kier alpha value is -0.900. The zero-order valence-electron chi connectivity index (χ0n) is 13.0. The van der Waals surface area contributed by atoms with Crippen LogP contribution in [-0.2, 0) is 5.41 Å². The second-order valence-electron chi connectivity index (χ2n) is 6.42. The Bertz CT molecular complexity index is 631. The molecule has 1 aliphatic heterocycles. The van der Waals surface area contributed by atoms with Crippen molar-refractivity contribution in [3.05, 3.63) is 57.0 Å². The molecular formula is C18H21ClFNS. The smallest absolute Gasteiger partial charge is 0.123 e. The van der Waals surface area contributed by atoms with Crippen molar-refractivity contribution in [1.29, 1.82) is 0 Å². The Morgan fingerprint density at radius 1 is 1.23 bits per heavy atom. The minimum absolute atomic E-state index is 0.104. The highest BCUT2D eigenvalue weighted by atomic mass is 35.5. The number of halogens is 2. The van der Waals surface area contributed by atoms with Gasteiger partial charge in [-0.1, -0.05) is 30.7 Å². The van der Waals surface area contributed by atoms with Gasteiger partial charge in [0.25, 0.3) is 0 Å². The summed E-state index contributed by atoms with van der Waals surface area (Å²) in [6.07, 6.45) is 2.31. The van der Waals surface area contributed by atoms with Crippen LogP contribution in [0, 0.1) is 11.7 Å². The third kappa shape index (κ3) is 2.94. The van der Waals surface area contributed by atoms with E-state index in [4.69, 9.17) is 11.6 Å². The molecule has 1 aliphatic rings. The number of benzene rings is 1. The highest BCUT2D eigenvalue weighted by molar-refractivity contribution is 7.10. The van der Waals surface area contributed by atoms with Crippen molar-refractivity contribution >= 4 is 22.9 Å². The second-order valence-corrected chi connectivity index (χ2v) is 7.76. The van der Waals surface area contributed by atoms with E-state index < -0.39 is 0 Å². The maximum Gasteiger partial charge on any atom is 0.123 e. The van der Waals surface area contributed by atoms with Gasteiger partial charge in [-0.15, -0.1) is 11.3 Å². The maximum absolute atomic E-state index is 13.3. The summed E-state index contributed by atoms with van der Waals surface area (Å²) in [5.41, 5.74) is 1.08. The molecule has 0 radical (unpaired) electrons. The minimum atomic E-state index is -0.182. The van der Waals surface area contributed by atoms with Gasteiger partial charge in [0, 0.05) is 15.7 Å². The van der Waals surface area contributed by atoms with Gasteiger partial charge in [-0.05, 0) is 62.7 Å². The third-order valence-corrected chi connectivity index (χ3v) is 6.57. The van der Waals surface area contributed by atoms with Crippen molar-refractivity contribution in [1.82, 2.24) is 4.90 Å². The Morgan fingerprint density at radius 3 is 2.41 bits per heavy atom. The standard InChI is InChI=1S/C18H21ClFNS/c1-18(17-11-15(19)12-22-17,13-3-5-16(20)6-4-13)14-7-9-21(2)10-8-14/h3-6,11-12,14H,7-10H2,1-2H3/t18-/m1/s1. The van der Waals surface area contributed by atoms with E-state index in [0.717, 1.165) is 31.0 Å². The molecule has 0 spiro atoms. The van der Waals surface area contributed by atoms with E-state index in [1.807, 2.05) is 17.5 Å². The average Bonchev–Trinajstić information content (AvgIpc) is 2.95. The molecule has 1 aromatic heterocycles. The largest absolute Gasteiger partial charge is 0.306 e. The van der Waals surface area contributed by atoms with Gasteiger partial charge in [-0.3, -0.25) is 0 Å². The van der Waals surface area contributed by atoms with Crippen LogP contribution in [-0.4, -0.2) is 25.0 Å². The molecular weight excluding hydrogens is 317 g/mol. The van der Waals surface area contributed by atoms with Crippen molar-refractivity contribution in [3.63, 3.8) is 0 Å². The summed E-state index contributed by atoms with van der Waals surface area (Å²) in [7, 11) is 2.17. The molecule has 1 aromatic carbocycles. The topological polar surface area (TPSA) is 3.24 Å².